The molecule has 72 valence electrons. The molecule has 0 aliphatic carbocycles. The summed E-state index contributed by atoms with van der Waals surface area (Å²) in [6.45, 7) is 1.80. The standard InChI is InChI=1S/C11H12N2O/c1-13(7-11-8-14-11)10-4-2-9(6-12)3-5-10/h2-5,11H,7-8H2,1H3. The highest BCUT2D eigenvalue weighted by Gasteiger charge is 2.23. The van der Waals surface area contributed by atoms with Crippen LogP contribution in [0.2, 0.25) is 0 Å². The summed E-state index contributed by atoms with van der Waals surface area (Å²) >= 11 is 0. The van der Waals surface area contributed by atoms with E-state index in [1.165, 1.54) is 0 Å². The zero-order chi connectivity index (χ0) is 9.97. The molecule has 14 heavy (non-hydrogen) atoms. The Hall–Kier alpha value is -1.53. The molecule has 1 fully saturated rings. The van der Waals surface area contributed by atoms with Gasteiger partial charge in [0, 0.05) is 19.3 Å². The van der Waals surface area contributed by atoms with E-state index < -0.39 is 0 Å². The zero-order valence-electron chi connectivity index (χ0n) is 8.10. The lowest BCUT2D eigenvalue weighted by molar-refractivity contribution is 0.410. The summed E-state index contributed by atoms with van der Waals surface area (Å²) in [5.74, 6) is 0. The summed E-state index contributed by atoms with van der Waals surface area (Å²) in [4.78, 5) is 2.14. The molecule has 1 aliphatic rings. The van der Waals surface area contributed by atoms with Crippen molar-refractivity contribution in [3.8, 4) is 6.07 Å². The number of rotatable bonds is 3. The lowest BCUT2D eigenvalue weighted by Gasteiger charge is -2.17. The number of anilines is 1. The van der Waals surface area contributed by atoms with E-state index in [4.69, 9.17) is 10.00 Å². The normalized spacial score (nSPS) is 18.7. The summed E-state index contributed by atoms with van der Waals surface area (Å²) in [6, 6.07) is 9.69. The Labute approximate surface area is 83.5 Å². The summed E-state index contributed by atoms with van der Waals surface area (Å²) in [7, 11) is 2.03. The summed E-state index contributed by atoms with van der Waals surface area (Å²) in [5.41, 5.74) is 1.82. The van der Waals surface area contributed by atoms with E-state index >= 15 is 0 Å². The first-order chi connectivity index (χ1) is 6.79. The van der Waals surface area contributed by atoms with Gasteiger partial charge in [0.1, 0.15) is 0 Å². The second kappa shape index (κ2) is 3.69. The van der Waals surface area contributed by atoms with Gasteiger partial charge in [-0.3, -0.25) is 0 Å². The maximum absolute atomic E-state index is 8.64. The lowest BCUT2D eigenvalue weighted by Crippen LogP contribution is -2.22. The van der Waals surface area contributed by atoms with Crippen molar-refractivity contribution in [3.05, 3.63) is 29.8 Å². The number of epoxide rings is 1. The average Bonchev–Trinajstić information content (AvgIpc) is 3.02. The number of likely N-dealkylation sites (N-methyl/N-ethyl adjacent to an activating group) is 1. The van der Waals surface area contributed by atoms with E-state index in [0.29, 0.717) is 11.7 Å². The van der Waals surface area contributed by atoms with Gasteiger partial charge in [0.05, 0.1) is 24.3 Å². The van der Waals surface area contributed by atoms with Crippen molar-refractivity contribution in [1.29, 1.82) is 5.26 Å². The van der Waals surface area contributed by atoms with Crippen LogP contribution < -0.4 is 4.90 Å². The molecule has 1 atom stereocenters. The number of hydrogen-bond donors (Lipinski definition) is 0. The Balaban J connectivity index is 2.04. The first-order valence-corrected chi connectivity index (χ1v) is 4.62. The maximum atomic E-state index is 8.64. The van der Waals surface area contributed by atoms with Gasteiger partial charge in [0.2, 0.25) is 0 Å². The second-order valence-corrected chi connectivity index (χ2v) is 3.49. The summed E-state index contributed by atoms with van der Waals surface area (Å²) < 4.78 is 5.15. The molecule has 0 saturated carbocycles. The molecule has 1 aromatic carbocycles. The van der Waals surface area contributed by atoms with Crippen LogP contribution in [0, 0.1) is 11.3 Å². The SMILES string of the molecule is CN(CC1CO1)c1ccc(C#N)cc1. The molecule has 0 bridgehead atoms. The minimum Gasteiger partial charge on any atom is -0.372 e. The number of ether oxygens (including phenoxy) is 1. The number of nitrogens with zero attached hydrogens (tertiary/aromatic N) is 2. The second-order valence-electron chi connectivity index (χ2n) is 3.49. The summed E-state index contributed by atoms with van der Waals surface area (Å²) in [5, 5.41) is 8.64. The van der Waals surface area contributed by atoms with Gasteiger partial charge in [0.25, 0.3) is 0 Å². The molecule has 0 N–H and O–H groups in total. The molecule has 1 unspecified atom stereocenters. The third kappa shape index (κ3) is 2.04. The van der Waals surface area contributed by atoms with Crippen molar-refractivity contribution in [1.82, 2.24) is 0 Å². The van der Waals surface area contributed by atoms with Gasteiger partial charge in [-0.2, -0.15) is 5.26 Å². The van der Waals surface area contributed by atoms with Crippen LogP contribution in [0.5, 0.6) is 0 Å². The molecule has 1 aromatic rings. The fraction of sp³-hybridized carbons (Fsp3) is 0.364. The van der Waals surface area contributed by atoms with Crippen molar-refractivity contribution in [2.75, 3.05) is 25.1 Å². The van der Waals surface area contributed by atoms with Crippen molar-refractivity contribution in [2.24, 2.45) is 0 Å². The third-order valence-electron chi connectivity index (χ3n) is 2.32. The topological polar surface area (TPSA) is 39.6 Å². The molecule has 1 heterocycles. The minimum absolute atomic E-state index is 0.399. The van der Waals surface area contributed by atoms with Crippen LogP contribution in [0.1, 0.15) is 5.56 Å². The van der Waals surface area contributed by atoms with E-state index in [1.807, 2.05) is 31.3 Å². The van der Waals surface area contributed by atoms with Crippen molar-refractivity contribution >= 4 is 5.69 Å². The van der Waals surface area contributed by atoms with Crippen LogP contribution in [0.3, 0.4) is 0 Å². The minimum atomic E-state index is 0.399. The third-order valence-corrected chi connectivity index (χ3v) is 2.32. The van der Waals surface area contributed by atoms with E-state index in [1.54, 1.807) is 0 Å². The first-order valence-electron chi connectivity index (χ1n) is 4.62. The van der Waals surface area contributed by atoms with Gasteiger partial charge in [-0.1, -0.05) is 0 Å². The number of nitriles is 1. The van der Waals surface area contributed by atoms with Crippen LogP contribution >= 0.6 is 0 Å². The molecule has 3 nitrogen and oxygen atoms in total. The Kier molecular flexibility index (Phi) is 2.38. The molecule has 0 radical (unpaired) electrons. The number of hydrogen-bond acceptors (Lipinski definition) is 3. The maximum Gasteiger partial charge on any atom is 0.0991 e. The molecule has 0 aromatic heterocycles. The van der Waals surface area contributed by atoms with Gasteiger partial charge < -0.3 is 9.64 Å². The van der Waals surface area contributed by atoms with Gasteiger partial charge >= 0.3 is 0 Å². The lowest BCUT2D eigenvalue weighted by atomic mass is 10.2. The molecule has 1 saturated heterocycles. The quantitative estimate of drug-likeness (QED) is 0.673. The molecule has 2 rings (SSSR count). The fourth-order valence-electron chi connectivity index (χ4n) is 1.37. The molecule has 1 aliphatic heterocycles. The van der Waals surface area contributed by atoms with E-state index in [-0.39, 0.29) is 0 Å². The predicted octanol–water partition coefficient (Wildman–Crippen LogP) is 1.39. The van der Waals surface area contributed by atoms with Crippen molar-refractivity contribution < 1.29 is 4.74 Å². The smallest absolute Gasteiger partial charge is 0.0991 e. The largest absolute Gasteiger partial charge is 0.372 e. The Morgan fingerprint density at radius 1 is 1.50 bits per heavy atom. The van der Waals surface area contributed by atoms with E-state index in [0.717, 1.165) is 18.8 Å². The highest BCUT2D eigenvalue weighted by atomic mass is 16.6. The van der Waals surface area contributed by atoms with Crippen molar-refractivity contribution in [2.45, 2.75) is 6.10 Å². The van der Waals surface area contributed by atoms with E-state index in [9.17, 15) is 0 Å². The molecular weight excluding hydrogens is 176 g/mol. The highest BCUT2D eigenvalue weighted by molar-refractivity contribution is 5.49. The van der Waals surface area contributed by atoms with Crippen LogP contribution in [-0.4, -0.2) is 26.3 Å². The van der Waals surface area contributed by atoms with Gasteiger partial charge in [-0.15, -0.1) is 0 Å². The summed E-state index contributed by atoms with van der Waals surface area (Å²) in [6.07, 6.45) is 0.399. The van der Waals surface area contributed by atoms with Crippen LogP contribution in [0.15, 0.2) is 24.3 Å². The zero-order valence-corrected chi connectivity index (χ0v) is 8.10. The van der Waals surface area contributed by atoms with Gasteiger partial charge in [-0.05, 0) is 24.3 Å². The fourth-order valence-corrected chi connectivity index (χ4v) is 1.37. The van der Waals surface area contributed by atoms with Gasteiger partial charge in [-0.25, -0.2) is 0 Å². The Morgan fingerprint density at radius 3 is 2.64 bits per heavy atom. The monoisotopic (exact) mass is 188 g/mol. The Morgan fingerprint density at radius 2 is 2.14 bits per heavy atom. The Bertz CT molecular complexity index is 349. The average molecular weight is 188 g/mol. The van der Waals surface area contributed by atoms with Crippen molar-refractivity contribution in [3.63, 3.8) is 0 Å². The highest BCUT2D eigenvalue weighted by Crippen LogP contribution is 2.17. The molecule has 0 amide bonds. The van der Waals surface area contributed by atoms with E-state index in [2.05, 4.69) is 11.0 Å². The molecule has 3 heteroatoms. The number of benzene rings is 1. The van der Waals surface area contributed by atoms with Gasteiger partial charge in [0.15, 0.2) is 0 Å². The molecular formula is C11H12N2O. The van der Waals surface area contributed by atoms with Crippen LogP contribution in [0.25, 0.3) is 0 Å². The molecule has 0 spiro atoms. The predicted molar refractivity (Wildman–Crippen MR) is 54.2 cm³/mol. The first kappa shape index (κ1) is 9.04. The van der Waals surface area contributed by atoms with Crippen LogP contribution in [0.4, 0.5) is 5.69 Å². The van der Waals surface area contributed by atoms with Crippen LogP contribution in [-0.2, 0) is 4.74 Å².